The summed E-state index contributed by atoms with van der Waals surface area (Å²) in [6.45, 7) is 4.40. The van der Waals surface area contributed by atoms with Crippen molar-refractivity contribution in [1.82, 2.24) is 24.7 Å². The first-order valence-electron chi connectivity index (χ1n) is 8.56. The van der Waals surface area contributed by atoms with Gasteiger partial charge in [-0.3, -0.25) is 4.79 Å². The molecule has 0 fully saturated rings. The van der Waals surface area contributed by atoms with E-state index in [9.17, 15) is 4.79 Å². The van der Waals surface area contributed by atoms with Crippen molar-refractivity contribution >= 4 is 67.5 Å². The number of nitrogens with zero attached hydrogens (tertiary/aromatic N) is 5. The normalized spacial score (nSPS) is 11.0. The quantitative estimate of drug-likeness (QED) is 0.290. The molecule has 7 nitrogen and oxygen atoms in total. The summed E-state index contributed by atoms with van der Waals surface area (Å²) in [6, 6.07) is 8.10. The van der Waals surface area contributed by atoms with Gasteiger partial charge in [-0.25, -0.2) is 9.97 Å². The van der Waals surface area contributed by atoms with Crippen LogP contribution < -0.4 is 5.32 Å². The molecule has 4 aromatic rings. The molecule has 0 saturated heterocycles. The van der Waals surface area contributed by atoms with Crippen molar-refractivity contribution in [3.8, 4) is 0 Å². The number of fused-ring (bicyclic) bond motifs is 1. The van der Waals surface area contributed by atoms with E-state index in [1.807, 2.05) is 28.1 Å². The van der Waals surface area contributed by atoms with Gasteiger partial charge in [-0.15, -0.1) is 39.4 Å². The Morgan fingerprint density at radius 3 is 2.97 bits per heavy atom. The van der Waals surface area contributed by atoms with E-state index in [1.54, 1.807) is 35.4 Å². The van der Waals surface area contributed by atoms with Gasteiger partial charge in [0, 0.05) is 18.1 Å². The van der Waals surface area contributed by atoms with E-state index >= 15 is 0 Å². The SMILES string of the molecule is C=CCn1c(CSc2nc3ccccc3s2)nnc1SCC(=O)Nc1nccs1. The van der Waals surface area contributed by atoms with Crippen LogP contribution in [0.5, 0.6) is 0 Å². The number of hydrogen-bond acceptors (Lipinski definition) is 9. The second-order valence-corrected chi connectivity index (χ2v) is 9.80. The predicted molar refractivity (Wildman–Crippen MR) is 121 cm³/mol. The van der Waals surface area contributed by atoms with Gasteiger partial charge in [-0.1, -0.05) is 41.7 Å². The second-order valence-electron chi connectivity index (χ2n) is 5.71. The number of thiazole rings is 2. The third kappa shape index (κ3) is 5.04. The first-order valence-corrected chi connectivity index (χ1v) is 12.2. The summed E-state index contributed by atoms with van der Waals surface area (Å²) in [4.78, 5) is 20.8. The summed E-state index contributed by atoms with van der Waals surface area (Å²) < 4.78 is 4.15. The molecule has 0 radical (unpaired) electrons. The molecule has 3 heterocycles. The number of hydrogen-bond donors (Lipinski definition) is 1. The topological polar surface area (TPSA) is 85.6 Å². The first kappa shape index (κ1) is 20.1. The Morgan fingerprint density at radius 1 is 1.28 bits per heavy atom. The number of rotatable bonds is 9. The molecule has 11 heteroatoms. The van der Waals surface area contributed by atoms with Gasteiger partial charge in [-0.2, -0.15) is 0 Å². The molecule has 4 rings (SSSR count). The minimum atomic E-state index is -0.122. The van der Waals surface area contributed by atoms with Gasteiger partial charge in [-0.05, 0) is 12.1 Å². The van der Waals surface area contributed by atoms with Gasteiger partial charge >= 0.3 is 0 Å². The molecule has 29 heavy (non-hydrogen) atoms. The first-order chi connectivity index (χ1) is 14.2. The lowest BCUT2D eigenvalue weighted by molar-refractivity contribution is -0.113. The summed E-state index contributed by atoms with van der Waals surface area (Å²) in [6.07, 6.45) is 3.46. The highest BCUT2D eigenvalue weighted by Crippen LogP contribution is 2.31. The molecule has 0 aliphatic heterocycles. The highest BCUT2D eigenvalue weighted by Gasteiger charge is 2.15. The maximum absolute atomic E-state index is 12.1. The number of carbonyl (C=O) groups excluding carboxylic acids is 1. The highest BCUT2D eigenvalue weighted by atomic mass is 32.2. The number of para-hydroxylation sites is 1. The van der Waals surface area contributed by atoms with Crippen molar-refractivity contribution in [3.63, 3.8) is 0 Å². The minimum absolute atomic E-state index is 0.122. The van der Waals surface area contributed by atoms with Crippen LogP contribution in [0, 0.1) is 0 Å². The maximum Gasteiger partial charge on any atom is 0.236 e. The van der Waals surface area contributed by atoms with E-state index in [0.717, 1.165) is 15.7 Å². The number of amides is 1. The second kappa shape index (κ2) is 9.53. The molecule has 0 unspecified atom stereocenters. The number of nitrogens with one attached hydrogen (secondary N) is 1. The van der Waals surface area contributed by atoms with Gasteiger partial charge in [0.1, 0.15) is 5.82 Å². The molecule has 0 bridgehead atoms. The van der Waals surface area contributed by atoms with Crippen LogP contribution in [0.1, 0.15) is 5.82 Å². The third-order valence-corrected chi connectivity index (χ3v) is 7.55. The summed E-state index contributed by atoms with van der Waals surface area (Å²) in [5, 5.41) is 14.5. The van der Waals surface area contributed by atoms with Gasteiger partial charge < -0.3 is 9.88 Å². The zero-order valence-electron chi connectivity index (χ0n) is 15.1. The molecule has 1 amide bonds. The molecule has 1 aromatic carbocycles. The van der Waals surface area contributed by atoms with Crippen LogP contribution in [0.2, 0.25) is 0 Å². The van der Waals surface area contributed by atoms with Crippen molar-refractivity contribution in [2.45, 2.75) is 21.8 Å². The van der Waals surface area contributed by atoms with Gasteiger partial charge in [0.25, 0.3) is 0 Å². The van der Waals surface area contributed by atoms with Crippen LogP contribution in [0.4, 0.5) is 5.13 Å². The van der Waals surface area contributed by atoms with Crippen LogP contribution in [0.25, 0.3) is 10.2 Å². The standard InChI is InChI=1S/C18H16N6OS4/c1-2-8-24-14(10-28-18-20-12-5-3-4-6-13(12)29-18)22-23-17(24)27-11-15(25)21-16-19-7-9-26-16/h2-7,9H,1,8,10-11H2,(H,19,21,25). The van der Waals surface area contributed by atoms with Crippen LogP contribution in [-0.4, -0.2) is 36.4 Å². The van der Waals surface area contributed by atoms with Crippen molar-refractivity contribution in [2.24, 2.45) is 0 Å². The Kier molecular flexibility index (Phi) is 6.60. The van der Waals surface area contributed by atoms with E-state index in [1.165, 1.54) is 27.8 Å². The smallest absolute Gasteiger partial charge is 0.236 e. The van der Waals surface area contributed by atoms with Crippen molar-refractivity contribution in [3.05, 3.63) is 54.3 Å². The zero-order valence-corrected chi connectivity index (χ0v) is 18.4. The summed E-state index contributed by atoms with van der Waals surface area (Å²) in [7, 11) is 0. The summed E-state index contributed by atoms with van der Waals surface area (Å²) in [5.41, 5.74) is 1.01. The van der Waals surface area contributed by atoms with E-state index in [4.69, 9.17) is 0 Å². The molecule has 1 N–H and O–H groups in total. The monoisotopic (exact) mass is 460 g/mol. The fraction of sp³-hybridized carbons (Fsp3) is 0.167. The average Bonchev–Trinajstić information content (AvgIpc) is 3.45. The van der Waals surface area contributed by atoms with E-state index in [2.05, 4.69) is 38.1 Å². The zero-order chi connectivity index (χ0) is 20.1. The molecule has 0 spiro atoms. The number of allylic oxidation sites excluding steroid dienone is 1. The Bertz CT molecular complexity index is 1090. The number of benzene rings is 1. The minimum Gasteiger partial charge on any atom is -0.301 e. The highest BCUT2D eigenvalue weighted by molar-refractivity contribution is 8.00. The molecular weight excluding hydrogens is 445 g/mol. The van der Waals surface area contributed by atoms with E-state index in [0.29, 0.717) is 22.6 Å². The Labute approximate surface area is 183 Å². The molecule has 148 valence electrons. The number of thioether (sulfide) groups is 2. The lowest BCUT2D eigenvalue weighted by Gasteiger charge is -2.07. The largest absolute Gasteiger partial charge is 0.301 e. The van der Waals surface area contributed by atoms with Crippen molar-refractivity contribution < 1.29 is 4.79 Å². The Balaban J connectivity index is 1.40. The third-order valence-electron chi connectivity index (χ3n) is 3.72. The number of carbonyl (C=O) groups is 1. The summed E-state index contributed by atoms with van der Waals surface area (Å²) in [5.74, 6) is 1.59. The van der Waals surface area contributed by atoms with Crippen LogP contribution in [0.3, 0.4) is 0 Å². The van der Waals surface area contributed by atoms with Crippen LogP contribution in [0.15, 0.2) is 58.0 Å². The fourth-order valence-electron chi connectivity index (χ4n) is 2.45. The van der Waals surface area contributed by atoms with E-state index in [-0.39, 0.29) is 11.7 Å². The molecule has 0 saturated carbocycles. The van der Waals surface area contributed by atoms with Gasteiger partial charge in [0.2, 0.25) is 5.91 Å². The lowest BCUT2D eigenvalue weighted by atomic mass is 10.3. The number of anilines is 1. The van der Waals surface area contributed by atoms with Crippen molar-refractivity contribution in [1.29, 1.82) is 0 Å². The maximum atomic E-state index is 12.1. The lowest BCUT2D eigenvalue weighted by Crippen LogP contribution is -2.14. The van der Waals surface area contributed by atoms with Crippen LogP contribution in [-0.2, 0) is 17.1 Å². The van der Waals surface area contributed by atoms with Gasteiger partial charge in [0.05, 0.1) is 21.7 Å². The molecule has 0 aliphatic rings. The average molecular weight is 461 g/mol. The predicted octanol–water partition coefficient (Wildman–Crippen LogP) is 4.55. The molecular formula is C18H16N6OS4. The van der Waals surface area contributed by atoms with Crippen molar-refractivity contribution in [2.75, 3.05) is 11.1 Å². The molecule has 3 aromatic heterocycles. The van der Waals surface area contributed by atoms with E-state index < -0.39 is 0 Å². The van der Waals surface area contributed by atoms with Crippen LogP contribution >= 0.6 is 46.2 Å². The Morgan fingerprint density at radius 2 is 2.17 bits per heavy atom. The number of aromatic nitrogens is 5. The van der Waals surface area contributed by atoms with Gasteiger partial charge in [0.15, 0.2) is 14.6 Å². The fourth-order valence-corrected chi connectivity index (χ4v) is 5.77. The molecule has 0 atom stereocenters. The summed E-state index contributed by atoms with van der Waals surface area (Å²) >= 11 is 6.04. The Hall–Kier alpha value is -2.21. The molecule has 0 aliphatic carbocycles.